The highest BCUT2D eigenvalue weighted by Gasteiger charge is 2.23. The van der Waals surface area contributed by atoms with E-state index in [9.17, 15) is 9.18 Å². The first-order chi connectivity index (χ1) is 11.6. The van der Waals surface area contributed by atoms with Gasteiger partial charge in [-0.15, -0.1) is 11.3 Å². The molecule has 0 radical (unpaired) electrons. The molecule has 1 fully saturated rings. The van der Waals surface area contributed by atoms with Gasteiger partial charge in [-0.1, -0.05) is 18.2 Å². The highest BCUT2D eigenvalue weighted by molar-refractivity contribution is 7.10. The molecular formula is C18H21FN2O2S. The zero-order valence-electron chi connectivity index (χ0n) is 13.6. The molecule has 0 spiro atoms. The Labute approximate surface area is 145 Å². The fourth-order valence-electron chi connectivity index (χ4n) is 2.84. The van der Waals surface area contributed by atoms with Gasteiger partial charge in [0, 0.05) is 18.0 Å². The topological polar surface area (TPSA) is 41.6 Å². The van der Waals surface area contributed by atoms with Gasteiger partial charge in [-0.2, -0.15) is 0 Å². The number of nitrogens with one attached hydrogen (secondary N) is 1. The number of hydrogen-bond donors (Lipinski definition) is 1. The van der Waals surface area contributed by atoms with E-state index in [1.54, 1.807) is 23.5 Å². The molecule has 1 N–H and O–H groups in total. The lowest BCUT2D eigenvalue weighted by Crippen LogP contribution is -2.48. The summed E-state index contributed by atoms with van der Waals surface area (Å²) in [6.45, 7) is 4.05. The number of hydrogen-bond acceptors (Lipinski definition) is 4. The van der Waals surface area contributed by atoms with Crippen LogP contribution in [-0.4, -0.2) is 43.2 Å². The van der Waals surface area contributed by atoms with Gasteiger partial charge in [0.25, 0.3) is 0 Å². The van der Waals surface area contributed by atoms with Crippen molar-refractivity contribution in [2.24, 2.45) is 0 Å². The van der Waals surface area contributed by atoms with Crippen LogP contribution in [0.2, 0.25) is 0 Å². The number of morpholine rings is 1. The fourth-order valence-corrected chi connectivity index (χ4v) is 3.67. The molecule has 24 heavy (non-hydrogen) atoms. The van der Waals surface area contributed by atoms with Gasteiger partial charge in [-0.05, 0) is 36.1 Å². The highest BCUT2D eigenvalue weighted by Crippen LogP contribution is 2.26. The van der Waals surface area contributed by atoms with Crippen molar-refractivity contribution in [1.29, 1.82) is 0 Å². The summed E-state index contributed by atoms with van der Waals surface area (Å²) < 4.78 is 18.7. The van der Waals surface area contributed by atoms with E-state index in [1.807, 2.05) is 29.3 Å². The predicted molar refractivity (Wildman–Crippen MR) is 92.6 cm³/mol. The third kappa shape index (κ3) is 4.20. The lowest BCUT2D eigenvalue weighted by molar-refractivity contribution is -0.137. The Morgan fingerprint density at radius 2 is 2.21 bits per heavy atom. The molecule has 1 saturated heterocycles. The Hall–Kier alpha value is -1.76. The molecule has 1 aliphatic heterocycles. The van der Waals surface area contributed by atoms with Gasteiger partial charge in [-0.3, -0.25) is 10.1 Å². The van der Waals surface area contributed by atoms with Crippen molar-refractivity contribution in [3.63, 3.8) is 0 Å². The van der Waals surface area contributed by atoms with Crippen molar-refractivity contribution in [2.75, 3.05) is 26.2 Å². The quantitative estimate of drug-likeness (QED) is 0.903. The SMILES string of the molecule is C[C@H]1CN(C(=O)CN[C@@H](c2ccc(F)cc2)c2cccs2)CCO1. The van der Waals surface area contributed by atoms with Gasteiger partial charge in [0.1, 0.15) is 5.82 Å². The predicted octanol–water partition coefficient (Wildman–Crippen LogP) is 2.81. The second kappa shape index (κ2) is 7.88. The summed E-state index contributed by atoms with van der Waals surface area (Å²) in [5, 5.41) is 5.32. The molecule has 0 aliphatic carbocycles. The third-order valence-corrected chi connectivity index (χ3v) is 5.02. The second-order valence-electron chi connectivity index (χ2n) is 5.90. The standard InChI is InChI=1S/C18H21FN2O2S/c1-13-12-21(8-9-23-13)17(22)11-20-18(16-3-2-10-24-16)14-4-6-15(19)7-5-14/h2-7,10,13,18,20H,8-9,11-12H2,1H3/t13-,18-/m0/s1. The Morgan fingerprint density at radius 1 is 1.42 bits per heavy atom. The van der Waals surface area contributed by atoms with Gasteiger partial charge < -0.3 is 9.64 Å². The van der Waals surface area contributed by atoms with E-state index < -0.39 is 0 Å². The van der Waals surface area contributed by atoms with E-state index in [0.717, 1.165) is 10.4 Å². The van der Waals surface area contributed by atoms with Crippen LogP contribution in [0.4, 0.5) is 4.39 Å². The minimum atomic E-state index is -0.262. The summed E-state index contributed by atoms with van der Waals surface area (Å²) in [6, 6.07) is 10.3. The number of ether oxygens (including phenoxy) is 1. The molecule has 1 aromatic carbocycles. The largest absolute Gasteiger partial charge is 0.375 e. The molecule has 0 saturated carbocycles. The molecule has 1 aromatic heterocycles. The summed E-state index contributed by atoms with van der Waals surface area (Å²) in [5.41, 5.74) is 0.946. The normalized spacial score (nSPS) is 19.2. The van der Waals surface area contributed by atoms with Crippen molar-refractivity contribution in [3.8, 4) is 0 Å². The molecule has 3 rings (SSSR count). The molecule has 1 amide bonds. The average molecular weight is 348 g/mol. The van der Waals surface area contributed by atoms with Crippen molar-refractivity contribution in [1.82, 2.24) is 10.2 Å². The molecule has 2 heterocycles. The van der Waals surface area contributed by atoms with Crippen LogP contribution in [0.5, 0.6) is 0 Å². The summed E-state index contributed by atoms with van der Waals surface area (Å²) >= 11 is 1.62. The van der Waals surface area contributed by atoms with E-state index in [4.69, 9.17) is 4.74 Å². The van der Waals surface area contributed by atoms with Crippen LogP contribution in [0.15, 0.2) is 41.8 Å². The van der Waals surface area contributed by atoms with Crippen LogP contribution in [0.3, 0.4) is 0 Å². The molecule has 0 unspecified atom stereocenters. The Kier molecular flexibility index (Phi) is 5.60. The number of thiophene rings is 1. The van der Waals surface area contributed by atoms with Crippen LogP contribution in [0.25, 0.3) is 0 Å². The lowest BCUT2D eigenvalue weighted by atomic mass is 10.1. The molecule has 128 valence electrons. The van der Waals surface area contributed by atoms with Crippen LogP contribution in [0.1, 0.15) is 23.4 Å². The van der Waals surface area contributed by atoms with Crippen molar-refractivity contribution in [3.05, 3.63) is 58.0 Å². The van der Waals surface area contributed by atoms with Crippen molar-refractivity contribution < 1.29 is 13.9 Å². The Bertz CT molecular complexity index is 660. The molecule has 4 nitrogen and oxygen atoms in total. The monoisotopic (exact) mass is 348 g/mol. The van der Waals surface area contributed by atoms with E-state index >= 15 is 0 Å². The number of carbonyl (C=O) groups excluding carboxylic acids is 1. The maximum Gasteiger partial charge on any atom is 0.236 e. The molecule has 6 heteroatoms. The van der Waals surface area contributed by atoms with Crippen LogP contribution in [0, 0.1) is 5.82 Å². The van der Waals surface area contributed by atoms with Crippen LogP contribution in [-0.2, 0) is 9.53 Å². The fraction of sp³-hybridized carbons (Fsp3) is 0.389. The van der Waals surface area contributed by atoms with E-state index in [2.05, 4.69) is 5.32 Å². The zero-order chi connectivity index (χ0) is 16.9. The van der Waals surface area contributed by atoms with Crippen LogP contribution >= 0.6 is 11.3 Å². The van der Waals surface area contributed by atoms with E-state index in [1.165, 1.54) is 12.1 Å². The maximum atomic E-state index is 13.2. The Morgan fingerprint density at radius 3 is 2.88 bits per heavy atom. The third-order valence-electron chi connectivity index (χ3n) is 4.08. The minimum Gasteiger partial charge on any atom is -0.375 e. The zero-order valence-corrected chi connectivity index (χ0v) is 14.4. The van der Waals surface area contributed by atoms with Gasteiger partial charge in [0.15, 0.2) is 0 Å². The smallest absolute Gasteiger partial charge is 0.236 e. The van der Waals surface area contributed by atoms with Gasteiger partial charge in [0.2, 0.25) is 5.91 Å². The summed E-state index contributed by atoms with van der Waals surface area (Å²) in [5.74, 6) is -0.198. The lowest BCUT2D eigenvalue weighted by Gasteiger charge is -2.31. The molecule has 2 atom stereocenters. The van der Waals surface area contributed by atoms with E-state index in [0.29, 0.717) is 19.7 Å². The number of nitrogens with zero attached hydrogens (tertiary/aromatic N) is 1. The summed E-state index contributed by atoms with van der Waals surface area (Å²) in [6.07, 6.45) is 0.0768. The number of rotatable bonds is 5. The number of carbonyl (C=O) groups is 1. The van der Waals surface area contributed by atoms with Gasteiger partial charge in [0.05, 0.1) is 25.3 Å². The number of benzene rings is 1. The summed E-state index contributed by atoms with van der Waals surface area (Å²) in [4.78, 5) is 15.4. The molecule has 0 bridgehead atoms. The molecule has 2 aromatic rings. The molecular weight excluding hydrogens is 327 g/mol. The first kappa shape index (κ1) is 17.1. The second-order valence-corrected chi connectivity index (χ2v) is 6.88. The van der Waals surface area contributed by atoms with Gasteiger partial charge >= 0.3 is 0 Å². The average Bonchev–Trinajstić information content (AvgIpc) is 3.11. The molecule has 1 aliphatic rings. The van der Waals surface area contributed by atoms with Crippen molar-refractivity contribution in [2.45, 2.75) is 19.1 Å². The number of amides is 1. The van der Waals surface area contributed by atoms with E-state index in [-0.39, 0.29) is 30.4 Å². The minimum absolute atomic E-state index is 0.0637. The highest BCUT2D eigenvalue weighted by atomic mass is 32.1. The van der Waals surface area contributed by atoms with Crippen LogP contribution < -0.4 is 5.32 Å². The van der Waals surface area contributed by atoms with Crippen molar-refractivity contribution >= 4 is 17.2 Å². The maximum absolute atomic E-state index is 13.2. The number of halogens is 1. The first-order valence-corrected chi connectivity index (χ1v) is 8.93. The van der Waals surface area contributed by atoms with Gasteiger partial charge in [-0.25, -0.2) is 4.39 Å². The first-order valence-electron chi connectivity index (χ1n) is 8.05. The Balaban J connectivity index is 1.68. The summed E-state index contributed by atoms with van der Waals surface area (Å²) in [7, 11) is 0.